The Morgan fingerprint density at radius 3 is 2.73 bits per heavy atom. The first-order valence-corrected chi connectivity index (χ1v) is 6.97. The second kappa shape index (κ2) is 6.42. The molecule has 0 fully saturated rings. The van der Waals surface area contributed by atoms with Gasteiger partial charge in [-0.15, -0.1) is 0 Å². The first-order valence-electron chi connectivity index (χ1n) is 6.97. The number of aromatic carboxylic acids is 1. The zero-order valence-corrected chi connectivity index (χ0v) is 12.8. The molecule has 2 rings (SSSR count). The Hall–Kier alpha value is -2.64. The number of carbonyl (C=O) groups is 2. The van der Waals surface area contributed by atoms with Gasteiger partial charge in [-0.25, -0.2) is 4.79 Å². The van der Waals surface area contributed by atoms with Gasteiger partial charge in [-0.3, -0.25) is 14.2 Å². The van der Waals surface area contributed by atoms with E-state index in [1.165, 1.54) is 17.1 Å². The van der Waals surface area contributed by atoms with Crippen LogP contribution in [0, 0.1) is 0 Å². The van der Waals surface area contributed by atoms with Crippen molar-refractivity contribution in [3.05, 3.63) is 35.9 Å². The normalized spacial score (nSPS) is 12.1. The largest absolute Gasteiger partial charge is 0.478 e. The molecule has 0 bridgehead atoms. The average Bonchev–Trinajstić information content (AvgIpc) is 3.14. The van der Waals surface area contributed by atoms with E-state index in [9.17, 15) is 9.59 Å². The number of aromatic nitrogens is 4. The molecule has 1 N–H and O–H groups in total. The summed E-state index contributed by atoms with van der Waals surface area (Å²) in [6.07, 6.45) is 4.45. The van der Waals surface area contributed by atoms with Crippen molar-refractivity contribution in [3.8, 4) is 0 Å². The van der Waals surface area contributed by atoms with Crippen LogP contribution in [0.3, 0.4) is 0 Å². The van der Waals surface area contributed by atoms with Gasteiger partial charge in [0.2, 0.25) is 5.91 Å². The van der Waals surface area contributed by atoms with Gasteiger partial charge in [0, 0.05) is 26.0 Å². The predicted octanol–water partition coefficient (Wildman–Crippen LogP) is 1.02. The topological polar surface area (TPSA) is 93.2 Å². The second-order valence-electron chi connectivity index (χ2n) is 5.05. The van der Waals surface area contributed by atoms with Crippen molar-refractivity contribution in [1.82, 2.24) is 24.5 Å². The predicted molar refractivity (Wildman–Crippen MR) is 78.3 cm³/mol. The number of carboxylic acid groups (broad SMARTS) is 1. The van der Waals surface area contributed by atoms with Crippen molar-refractivity contribution >= 4 is 11.9 Å². The molecule has 2 heterocycles. The summed E-state index contributed by atoms with van der Waals surface area (Å²) in [5, 5.41) is 17.2. The van der Waals surface area contributed by atoms with Gasteiger partial charge < -0.3 is 10.0 Å². The highest BCUT2D eigenvalue weighted by Crippen LogP contribution is 2.12. The number of nitrogens with zero attached hydrogens (tertiary/aromatic N) is 5. The fourth-order valence-corrected chi connectivity index (χ4v) is 2.08. The van der Waals surface area contributed by atoms with E-state index in [1.54, 1.807) is 23.6 Å². The van der Waals surface area contributed by atoms with E-state index in [1.807, 2.05) is 19.2 Å². The Balaban J connectivity index is 2.03. The minimum absolute atomic E-state index is 0.0593. The summed E-state index contributed by atoms with van der Waals surface area (Å²) in [5.74, 6) is -1.23. The third kappa shape index (κ3) is 3.33. The van der Waals surface area contributed by atoms with Crippen LogP contribution in [0.4, 0.5) is 0 Å². The zero-order chi connectivity index (χ0) is 16.3. The summed E-state index contributed by atoms with van der Waals surface area (Å²) in [4.78, 5) is 24.8. The molecule has 118 valence electrons. The van der Waals surface area contributed by atoms with Crippen LogP contribution in [0.5, 0.6) is 0 Å². The zero-order valence-electron chi connectivity index (χ0n) is 12.8. The Morgan fingerprint density at radius 1 is 1.45 bits per heavy atom. The van der Waals surface area contributed by atoms with Crippen molar-refractivity contribution in [1.29, 1.82) is 0 Å². The van der Waals surface area contributed by atoms with E-state index < -0.39 is 12.0 Å². The maximum absolute atomic E-state index is 12.4. The molecule has 2 aromatic heterocycles. The van der Waals surface area contributed by atoms with E-state index in [0.717, 1.165) is 12.2 Å². The number of amides is 1. The van der Waals surface area contributed by atoms with Crippen molar-refractivity contribution in [2.24, 2.45) is 0 Å². The standard InChI is InChI=1S/C14H19N5O3/c1-4-18-6-5-12(16-18)9-17(3)13(20)10(2)19-8-11(7-15-19)14(21)22/h5-8,10H,4,9H2,1-3H3,(H,21,22). The highest BCUT2D eigenvalue weighted by atomic mass is 16.4. The molecule has 0 saturated carbocycles. The lowest BCUT2D eigenvalue weighted by atomic mass is 10.3. The highest BCUT2D eigenvalue weighted by molar-refractivity contribution is 5.87. The molecule has 1 unspecified atom stereocenters. The van der Waals surface area contributed by atoms with Gasteiger partial charge >= 0.3 is 5.97 Å². The molecule has 2 aromatic rings. The average molecular weight is 305 g/mol. The van der Waals surface area contributed by atoms with Crippen LogP contribution in [-0.2, 0) is 17.9 Å². The SMILES string of the molecule is CCn1ccc(CN(C)C(=O)C(C)n2cc(C(=O)O)cn2)n1. The first-order chi connectivity index (χ1) is 10.4. The van der Waals surface area contributed by atoms with Gasteiger partial charge in [0.25, 0.3) is 0 Å². The summed E-state index contributed by atoms with van der Waals surface area (Å²) in [5.41, 5.74) is 0.862. The summed E-state index contributed by atoms with van der Waals surface area (Å²) < 4.78 is 3.15. The van der Waals surface area contributed by atoms with Crippen molar-refractivity contribution in [2.45, 2.75) is 33.0 Å². The Bertz CT molecular complexity index is 676. The second-order valence-corrected chi connectivity index (χ2v) is 5.05. The summed E-state index contributed by atoms with van der Waals surface area (Å²) >= 11 is 0. The summed E-state index contributed by atoms with van der Waals surface area (Å²) in [6.45, 7) is 4.84. The Kier molecular flexibility index (Phi) is 4.59. The van der Waals surface area contributed by atoms with Crippen molar-refractivity contribution in [2.75, 3.05) is 7.05 Å². The number of carboxylic acids is 1. The van der Waals surface area contributed by atoms with Gasteiger partial charge in [0.15, 0.2) is 0 Å². The molecule has 0 saturated heterocycles. The number of hydrogen-bond acceptors (Lipinski definition) is 4. The molecule has 8 nitrogen and oxygen atoms in total. The fraction of sp³-hybridized carbons (Fsp3) is 0.429. The lowest BCUT2D eigenvalue weighted by Crippen LogP contribution is -2.33. The molecule has 0 spiro atoms. The maximum Gasteiger partial charge on any atom is 0.338 e. The maximum atomic E-state index is 12.4. The number of rotatable bonds is 6. The Labute approximate surface area is 127 Å². The lowest BCUT2D eigenvalue weighted by molar-refractivity contribution is -0.133. The van der Waals surface area contributed by atoms with Crippen LogP contribution in [0.15, 0.2) is 24.7 Å². The van der Waals surface area contributed by atoms with E-state index in [4.69, 9.17) is 5.11 Å². The Morgan fingerprint density at radius 2 is 2.18 bits per heavy atom. The number of carbonyl (C=O) groups excluding carboxylic acids is 1. The summed E-state index contributed by atoms with van der Waals surface area (Å²) in [6, 6.07) is 1.29. The van der Waals surface area contributed by atoms with Gasteiger partial charge in [0.05, 0.1) is 24.0 Å². The van der Waals surface area contributed by atoms with E-state index >= 15 is 0 Å². The third-order valence-corrected chi connectivity index (χ3v) is 3.40. The highest BCUT2D eigenvalue weighted by Gasteiger charge is 2.21. The lowest BCUT2D eigenvalue weighted by Gasteiger charge is -2.20. The van der Waals surface area contributed by atoms with Crippen molar-refractivity contribution in [3.63, 3.8) is 0 Å². The van der Waals surface area contributed by atoms with Gasteiger partial charge in [-0.05, 0) is 19.9 Å². The molecule has 1 atom stereocenters. The monoisotopic (exact) mass is 305 g/mol. The van der Waals surface area contributed by atoms with Crippen LogP contribution >= 0.6 is 0 Å². The van der Waals surface area contributed by atoms with Gasteiger partial charge in [0.1, 0.15) is 6.04 Å². The molecular weight excluding hydrogens is 286 g/mol. The molecule has 22 heavy (non-hydrogen) atoms. The molecule has 0 aliphatic carbocycles. The molecular formula is C14H19N5O3. The van der Waals surface area contributed by atoms with E-state index in [2.05, 4.69) is 10.2 Å². The van der Waals surface area contributed by atoms with E-state index in [0.29, 0.717) is 6.54 Å². The minimum Gasteiger partial charge on any atom is -0.478 e. The van der Waals surface area contributed by atoms with Gasteiger partial charge in [-0.2, -0.15) is 10.2 Å². The molecule has 0 aliphatic heterocycles. The van der Waals surface area contributed by atoms with E-state index in [-0.39, 0.29) is 11.5 Å². The quantitative estimate of drug-likeness (QED) is 0.860. The smallest absolute Gasteiger partial charge is 0.338 e. The minimum atomic E-state index is -1.07. The number of likely N-dealkylation sites (N-methyl/N-ethyl adjacent to an activating group) is 1. The number of aryl methyl sites for hydroxylation is 1. The van der Waals surface area contributed by atoms with Crippen LogP contribution in [0.25, 0.3) is 0 Å². The molecule has 1 amide bonds. The third-order valence-electron chi connectivity index (χ3n) is 3.40. The van der Waals surface area contributed by atoms with Crippen LogP contribution in [0.1, 0.15) is 35.9 Å². The van der Waals surface area contributed by atoms with Crippen LogP contribution in [-0.4, -0.2) is 48.5 Å². The molecule has 0 radical (unpaired) electrons. The molecule has 8 heteroatoms. The van der Waals surface area contributed by atoms with Gasteiger partial charge in [-0.1, -0.05) is 0 Å². The van der Waals surface area contributed by atoms with Crippen LogP contribution < -0.4 is 0 Å². The first kappa shape index (κ1) is 15.7. The fourth-order valence-electron chi connectivity index (χ4n) is 2.08. The van der Waals surface area contributed by atoms with Crippen molar-refractivity contribution < 1.29 is 14.7 Å². The molecule has 0 aromatic carbocycles. The van der Waals surface area contributed by atoms with Crippen LogP contribution in [0.2, 0.25) is 0 Å². The molecule has 0 aliphatic rings. The number of hydrogen-bond donors (Lipinski definition) is 1. The summed E-state index contributed by atoms with van der Waals surface area (Å²) in [7, 11) is 1.69.